The van der Waals surface area contributed by atoms with Gasteiger partial charge in [0.05, 0.1) is 18.1 Å². The van der Waals surface area contributed by atoms with Gasteiger partial charge in [-0.15, -0.1) is 0 Å². The Balaban J connectivity index is 2.18. The van der Waals surface area contributed by atoms with Crippen molar-refractivity contribution in [2.75, 3.05) is 37.8 Å². The second-order valence-electron chi connectivity index (χ2n) is 4.72. The molecule has 0 atom stereocenters. The van der Waals surface area contributed by atoms with Gasteiger partial charge in [-0.25, -0.2) is 8.42 Å². The highest BCUT2D eigenvalue weighted by Crippen LogP contribution is 2.21. The van der Waals surface area contributed by atoms with Gasteiger partial charge >= 0.3 is 0 Å². The number of carbonyl (C=O) groups is 1. The summed E-state index contributed by atoms with van der Waals surface area (Å²) in [5.74, 6) is -0.924. The predicted octanol–water partition coefficient (Wildman–Crippen LogP) is 0.210. The first kappa shape index (κ1) is 14.8. The molecule has 1 aromatic carbocycles. The van der Waals surface area contributed by atoms with E-state index in [1.807, 2.05) is 0 Å². The van der Waals surface area contributed by atoms with Gasteiger partial charge in [-0.2, -0.15) is 0 Å². The molecule has 0 bridgehead atoms. The molecule has 0 radical (unpaired) electrons. The number of hydrogen-bond donors (Lipinski definition) is 1. The number of rotatable bonds is 3. The van der Waals surface area contributed by atoms with Gasteiger partial charge in [0.15, 0.2) is 9.84 Å². The maximum absolute atomic E-state index is 12.3. The van der Waals surface area contributed by atoms with Gasteiger partial charge in [-0.05, 0) is 24.6 Å². The lowest BCUT2D eigenvalue weighted by molar-refractivity contribution is -0.132. The van der Waals surface area contributed by atoms with Gasteiger partial charge in [-0.1, -0.05) is 6.07 Å². The van der Waals surface area contributed by atoms with Crippen molar-refractivity contribution in [2.24, 2.45) is 0 Å². The van der Waals surface area contributed by atoms with Crippen LogP contribution in [0.2, 0.25) is 0 Å². The Morgan fingerprint density at radius 3 is 2.65 bits per heavy atom. The van der Waals surface area contributed by atoms with Crippen molar-refractivity contribution in [3.05, 3.63) is 23.8 Å². The Bertz CT molecular complexity index is 607. The lowest BCUT2D eigenvalue weighted by Gasteiger charge is -2.26. The third kappa shape index (κ3) is 3.10. The fraction of sp³-hybridized carbons (Fsp3) is 0.462. The van der Waals surface area contributed by atoms with E-state index in [4.69, 9.17) is 10.5 Å². The second-order valence-corrected chi connectivity index (χ2v) is 6.68. The van der Waals surface area contributed by atoms with Crippen LogP contribution in [0.4, 0.5) is 5.69 Å². The number of hydrogen-bond acceptors (Lipinski definition) is 5. The highest BCUT2D eigenvalue weighted by molar-refractivity contribution is 7.92. The largest absolute Gasteiger partial charge is 0.398 e. The van der Waals surface area contributed by atoms with Gasteiger partial charge in [0.2, 0.25) is 5.91 Å². The van der Waals surface area contributed by atoms with Crippen molar-refractivity contribution in [3.8, 4) is 0 Å². The van der Waals surface area contributed by atoms with Gasteiger partial charge in [0.25, 0.3) is 0 Å². The minimum atomic E-state index is -3.67. The van der Waals surface area contributed by atoms with Gasteiger partial charge in [0.1, 0.15) is 5.75 Å². The molecule has 110 valence electrons. The quantitative estimate of drug-likeness (QED) is 0.806. The summed E-state index contributed by atoms with van der Waals surface area (Å²) in [6.07, 6.45) is 0. The molecule has 1 aromatic rings. The third-order valence-electron chi connectivity index (χ3n) is 3.34. The fourth-order valence-corrected chi connectivity index (χ4v) is 3.65. The van der Waals surface area contributed by atoms with Crippen LogP contribution in [-0.4, -0.2) is 51.3 Å². The number of carbonyl (C=O) groups excluding carboxylic acids is 1. The molecule has 7 heteroatoms. The van der Waals surface area contributed by atoms with Crippen LogP contribution in [0, 0.1) is 6.92 Å². The number of nitrogens with zero attached hydrogens (tertiary/aromatic N) is 1. The average molecular weight is 298 g/mol. The van der Waals surface area contributed by atoms with E-state index in [-0.39, 0.29) is 4.90 Å². The average Bonchev–Trinajstić information content (AvgIpc) is 2.42. The van der Waals surface area contributed by atoms with Crippen LogP contribution in [-0.2, 0) is 19.4 Å². The Labute approximate surface area is 118 Å². The Morgan fingerprint density at radius 1 is 1.35 bits per heavy atom. The van der Waals surface area contributed by atoms with Crippen LogP contribution in [0.1, 0.15) is 5.56 Å². The molecule has 0 saturated carbocycles. The first-order valence-corrected chi connectivity index (χ1v) is 8.00. The number of sulfone groups is 1. The molecular formula is C13H18N2O4S. The summed E-state index contributed by atoms with van der Waals surface area (Å²) in [7, 11) is -3.67. The number of anilines is 1. The Morgan fingerprint density at radius 2 is 2.00 bits per heavy atom. The van der Waals surface area contributed by atoms with E-state index in [1.54, 1.807) is 19.1 Å². The number of ether oxygens (including phenoxy) is 1. The minimum Gasteiger partial charge on any atom is -0.398 e. The Hall–Kier alpha value is -1.60. The van der Waals surface area contributed by atoms with Crippen molar-refractivity contribution in [2.45, 2.75) is 11.8 Å². The molecular weight excluding hydrogens is 280 g/mol. The first-order chi connectivity index (χ1) is 9.42. The molecule has 1 aliphatic heterocycles. The van der Waals surface area contributed by atoms with E-state index < -0.39 is 21.5 Å². The smallest absolute Gasteiger partial charge is 0.238 e. The molecule has 1 heterocycles. The predicted molar refractivity (Wildman–Crippen MR) is 75.0 cm³/mol. The zero-order valence-electron chi connectivity index (χ0n) is 11.3. The summed E-state index contributed by atoms with van der Waals surface area (Å²) in [5.41, 5.74) is 6.61. The monoisotopic (exact) mass is 298 g/mol. The summed E-state index contributed by atoms with van der Waals surface area (Å²) in [6.45, 7) is 3.40. The van der Waals surface area contributed by atoms with Crippen molar-refractivity contribution < 1.29 is 17.9 Å². The van der Waals surface area contributed by atoms with Crippen LogP contribution < -0.4 is 5.73 Å². The number of amides is 1. The molecule has 0 unspecified atom stereocenters. The lowest BCUT2D eigenvalue weighted by atomic mass is 10.2. The number of nitrogens with two attached hydrogens (primary N) is 1. The summed E-state index contributed by atoms with van der Waals surface area (Å²) in [5, 5.41) is 0. The molecule has 1 saturated heterocycles. The summed E-state index contributed by atoms with van der Waals surface area (Å²) >= 11 is 0. The fourth-order valence-electron chi connectivity index (χ4n) is 2.11. The third-order valence-corrected chi connectivity index (χ3v) is 5.08. The molecule has 20 heavy (non-hydrogen) atoms. The minimum absolute atomic E-state index is 0.124. The van der Waals surface area contributed by atoms with Crippen LogP contribution in [0.5, 0.6) is 0 Å². The molecule has 2 N–H and O–H groups in total. The van der Waals surface area contributed by atoms with Gasteiger partial charge < -0.3 is 15.4 Å². The van der Waals surface area contributed by atoms with Crippen molar-refractivity contribution in [1.29, 1.82) is 0 Å². The van der Waals surface area contributed by atoms with Crippen LogP contribution in [0.25, 0.3) is 0 Å². The topological polar surface area (TPSA) is 89.7 Å². The molecule has 0 aromatic heterocycles. The molecule has 0 aliphatic carbocycles. The molecule has 1 amide bonds. The van der Waals surface area contributed by atoms with E-state index in [1.165, 1.54) is 11.0 Å². The zero-order chi connectivity index (χ0) is 14.8. The van der Waals surface area contributed by atoms with Gasteiger partial charge in [0, 0.05) is 18.8 Å². The number of morpholine rings is 1. The molecule has 6 nitrogen and oxygen atoms in total. The second kappa shape index (κ2) is 5.80. The summed E-state index contributed by atoms with van der Waals surface area (Å²) < 4.78 is 29.8. The molecule has 0 spiro atoms. The normalized spacial score (nSPS) is 16.1. The maximum atomic E-state index is 12.3. The van der Waals surface area contributed by atoms with E-state index in [0.29, 0.717) is 37.6 Å². The zero-order valence-corrected chi connectivity index (χ0v) is 12.1. The standard InChI is InChI=1S/C13H18N2O4S/c1-10-11(14)3-2-4-12(10)20(17,18)9-13(16)15-5-7-19-8-6-15/h2-4H,5-9,14H2,1H3. The Kier molecular flexibility index (Phi) is 4.29. The van der Waals surface area contributed by atoms with Gasteiger partial charge in [-0.3, -0.25) is 4.79 Å². The van der Waals surface area contributed by atoms with E-state index >= 15 is 0 Å². The van der Waals surface area contributed by atoms with E-state index in [0.717, 1.165) is 0 Å². The van der Waals surface area contributed by atoms with Crippen LogP contribution >= 0.6 is 0 Å². The SMILES string of the molecule is Cc1c(N)cccc1S(=O)(=O)CC(=O)N1CCOCC1. The van der Waals surface area contributed by atoms with Crippen molar-refractivity contribution in [3.63, 3.8) is 0 Å². The van der Waals surface area contributed by atoms with Crippen molar-refractivity contribution in [1.82, 2.24) is 4.90 Å². The number of benzene rings is 1. The van der Waals surface area contributed by atoms with E-state index in [2.05, 4.69) is 0 Å². The summed E-state index contributed by atoms with van der Waals surface area (Å²) in [4.78, 5) is 13.7. The van der Waals surface area contributed by atoms with E-state index in [9.17, 15) is 13.2 Å². The molecule has 1 fully saturated rings. The lowest BCUT2D eigenvalue weighted by Crippen LogP contribution is -2.43. The summed E-state index contributed by atoms with van der Waals surface area (Å²) in [6, 6.07) is 4.69. The molecule has 2 rings (SSSR count). The maximum Gasteiger partial charge on any atom is 0.238 e. The molecule has 1 aliphatic rings. The highest BCUT2D eigenvalue weighted by Gasteiger charge is 2.26. The van der Waals surface area contributed by atoms with Crippen LogP contribution in [0.15, 0.2) is 23.1 Å². The van der Waals surface area contributed by atoms with Crippen LogP contribution in [0.3, 0.4) is 0 Å². The highest BCUT2D eigenvalue weighted by atomic mass is 32.2. The van der Waals surface area contributed by atoms with Crippen molar-refractivity contribution >= 4 is 21.4 Å². The first-order valence-electron chi connectivity index (χ1n) is 6.35. The number of nitrogen functional groups attached to an aromatic ring is 1.